The van der Waals surface area contributed by atoms with E-state index in [9.17, 15) is 9.59 Å². The van der Waals surface area contributed by atoms with Crippen molar-refractivity contribution in [1.29, 1.82) is 0 Å². The van der Waals surface area contributed by atoms with E-state index in [2.05, 4.69) is 5.32 Å². The topological polar surface area (TPSA) is 58.6 Å². The van der Waals surface area contributed by atoms with E-state index >= 15 is 0 Å². The van der Waals surface area contributed by atoms with Gasteiger partial charge in [0.05, 0.1) is 13.7 Å². The number of hydrogen-bond donors (Lipinski definition) is 1. The first-order chi connectivity index (χ1) is 9.63. The Hall–Kier alpha value is -2.04. The normalized spacial score (nSPS) is 13.7. The summed E-state index contributed by atoms with van der Waals surface area (Å²) in [5.74, 6) is 0.728. The van der Waals surface area contributed by atoms with E-state index in [1.165, 1.54) is 0 Å². The molecule has 2 rings (SSSR count). The molecule has 2 amide bonds. The van der Waals surface area contributed by atoms with Gasteiger partial charge >= 0.3 is 0 Å². The maximum Gasteiger partial charge on any atom is 0.243 e. The van der Waals surface area contributed by atoms with Crippen LogP contribution in [-0.4, -0.2) is 36.9 Å². The third kappa shape index (κ3) is 3.73. The second kappa shape index (κ2) is 6.41. The first-order valence-electron chi connectivity index (χ1n) is 6.86. The molecule has 1 N–H and O–H groups in total. The molecule has 5 nitrogen and oxygen atoms in total. The van der Waals surface area contributed by atoms with Crippen molar-refractivity contribution in [2.24, 2.45) is 5.92 Å². The van der Waals surface area contributed by atoms with Gasteiger partial charge in [-0.15, -0.1) is 0 Å². The minimum atomic E-state index is -0.186. The van der Waals surface area contributed by atoms with Gasteiger partial charge in [0.2, 0.25) is 11.8 Å². The summed E-state index contributed by atoms with van der Waals surface area (Å²) < 4.78 is 5.10. The molecule has 1 aliphatic rings. The summed E-state index contributed by atoms with van der Waals surface area (Å²) in [5.41, 5.74) is 0.671. The molecule has 0 unspecified atom stereocenters. The van der Waals surface area contributed by atoms with E-state index in [1.807, 2.05) is 13.0 Å². The van der Waals surface area contributed by atoms with Crippen molar-refractivity contribution >= 4 is 17.5 Å². The van der Waals surface area contributed by atoms with E-state index in [1.54, 1.807) is 30.2 Å². The molecule has 20 heavy (non-hydrogen) atoms. The highest BCUT2D eigenvalue weighted by Gasteiger charge is 2.33. The summed E-state index contributed by atoms with van der Waals surface area (Å²) in [5, 5.41) is 2.78. The number of benzene rings is 1. The van der Waals surface area contributed by atoms with E-state index in [-0.39, 0.29) is 24.3 Å². The standard InChI is InChI=1S/C15H20N2O3/c1-3-17(15(19)11-7-8-11)10-14(18)16-12-5-4-6-13(9-12)20-2/h4-6,9,11H,3,7-8,10H2,1-2H3,(H,16,18). The molecule has 1 aliphatic carbocycles. The minimum absolute atomic E-state index is 0.0910. The molecule has 1 saturated carbocycles. The van der Waals surface area contributed by atoms with Gasteiger partial charge in [0.1, 0.15) is 5.75 Å². The van der Waals surface area contributed by atoms with Crippen LogP contribution < -0.4 is 10.1 Å². The fraction of sp³-hybridized carbons (Fsp3) is 0.467. The highest BCUT2D eigenvalue weighted by atomic mass is 16.5. The number of methoxy groups -OCH3 is 1. The molecule has 1 aromatic rings. The third-order valence-electron chi connectivity index (χ3n) is 3.31. The molecule has 0 heterocycles. The first-order valence-corrected chi connectivity index (χ1v) is 6.86. The van der Waals surface area contributed by atoms with Crippen LogP contribution in [0.2, 0.25) is 0 Å². The van der Waals surface area contributed by atoms with Crippen LogP contribution in [0.1, 0.15) is 19.8 Å². The van der Waals surface area contributed by atoms with E-state index < -0.39 is 0 Å². The largest absolute Gasteiger partial charge is 0.497 e. The van der Waals surface area contributed by atoms with Gasteiger partial charge in [0.15, 0.2) is 0 Å². The van der Waals surface area contributed by atoms with Gasteiger partial charge < -0.3 is 15.0 Å². The Morgan fingerprint density at radius 3 is 2.75 bits per heavy atom. The fourth-order valence-corrected chi connectivity index (χ4v) is 2.01. The summed E-state index contributed by atoms with van der Waals surface area (Å²) in [6.07, 6.45) is 1.90. The molecule has 1 aromatic carbocycles. The Morgan fingerprint density at radius 2 is 2.15 bits per heavy atom. The minimum Gasteiger partial charge on any atom is -0.497 e. The van der Waals surface area contributed by atoms with Crippen LogP contribution in [0, 0.1) is 5.92 Å². The molecular formula is C15H20N2O3. The number of anilines is 1. The summed E-state index contributed by atoms with van der Waals surface area (Å²) >= 11 is 0. The Morgan fingerprint density at radius 1 is 1.40 bits per heavy atom. The number of hydrogen-bond acceptors (Lipinski definition) is 3. The Balaban J connectivity index is 1.91. The SMILES string of the molecule is CCN(CC(=O)Nc1cccc(OC)c1)C(=O)C1CC1. The van der Waals surface area contributed by atoms with Crippen LogP contribution in [0.15, 0.2) is 24.3 Å². The second-order valence-corrected chi connectivity index (χ2v) is 4.91. The molecular weight excluding hydrogens is 256 g/mol. The molecule has 108 valence electrons. The molecule has 0 bridgehead atoms. The van der Waals surface area contributed by atoms with Crippen LogP contribution in [0.4, 0.5) is 5.69 Å². The fourth-order valence-electron chi connectivity index (χ4n) is 2.01. The second-order valence-electron chi connectivity index (χ2n) is 4.91. The number of rotatable bonds is 6. The van der Waals surface area contributed by atoms with Crippen molar-refractivity contribution in [2.45, 2.75) is 19.8 Å². The van der Waals surface area contributed by atoms with Crippen LogP contribution in [0.25, 0.3) is 0 Å². The summed E-state index contributed by atoms with van der Waals surface area (Å²) in [4.78, 5) is 25.5. The number of ether oxygens (including phenoxy) is 1. The third-order valence-corrected chi connectivity index (χ3v) is 3.31. The van der Waals surface area contributed by atoms with Crippen LogP contribution in [0.5, 0.6) is 5.75 Å². The molecule has 1 fully saturated rings. The quantitative estimate of drug-likeness (QED) is 0.863. The summed E-state index contributed by atoms with van der Waals surface area (Å²) in [6.45, 7) is 2.54. The monoisotopic (exact) mass is 276 g/mol. The number of carbonyl (C=O) groups is 2. The van der Waals surface area contributed by atoms with Gasteiger partial charge in [-0.1, -0.05) is 6.07 Å². The lowest BCUT2D eigenvalue weighted by molar-refractivity contribution is -0.135. The lowest BCUT2D eigenvalue weighted by Crippen LogP contribution is -2.38. The molecule has 0 aromatic heterocycles. The molecule has 0 atom stereocenters. The molecule has 0 radical (unpaired) electrons. The predicted octanol–water partition coefficient (Wildman–Crippen LogP) is 1.89. The van der Waals surface area contributed by atoms with Crippen molar-refractivity contribution in [3.63, 3.8) is 0 Å². The van der Waals surface area contributed by atoms with Gasteiger partial charge in [-0.25, -0.2) is 0 Å². The molecule has 0 saturated heterocycles. The Labute approximate surface area is 118 Å². The number of carbonyl (C=O) groups excluding carboxylic acids is 2. The maximum absolute atomic E-state index is 12.0. The van der Waals surface area contributed by atoms with Gasteiger partial charge in [0, 0.05) is 24.2 Å². The number of nitrogens with zero attached hydrogens (tertiary/aromatic N) is 1. The average molecular weight is 276 g/mol. The highest BCUT2D eigenvalue weighted by Crippen LogP contribution is 2.30. The zero-order chi connectivity index (χ0) is 14.5. The van der Waals surface area contributed by atoms with E-state index in [0.717, 1.165) is 12.8 Å². The highest BCUT2D eigenvalue weighted by molar-refractivity contribution is 5.95. The summed E-state index contributed by atoms with van der Waals surface area (Å²) in [6, 6.07) is 7.16. The van der Waals surface area contributed by atoms with Gasteiger partial charge in [0.25, 0.3) is 0 Å². The van der Waals surface area contributed by atoms with Crippen molar-refractivity contribution in [3.8, 4) is 5.75 Å². The summed E-state index contributed by atoms with van der Waals surface area (Å²) in [7, 11) is 1.58. The van der Waals surface area contributed by atoms with E-state index in [0.29, 0.717) is 18.0 Å². The molecule has 5 heteroatoms. The smallest absolute Gasteiger partial charge is 0.243 e. The van der Waals surface area contributed by atoms with Gasteiger partial charge in [-0.05, 0) is 31.9 Å². The van der Waals surface area contributed by atoms with Crippen LogP contribution in [0.3, 0.4) is 0 Å². The molecule has 0 spiro atoms. The van der Waals surface area contributed by atoms with E-state index in [4.69, 9.17) is 4.74 Å². The number of likely N-dealkylation sites (N-methyl/N-ethyl adjacent to an activating group) is 1. The predicted molar refractivity (Wildman–Crippen MR) is 76.6 cm³/mol. The van der Waals surface area contributed by atoms with Crippen molar-refractivity contribution in [1.82, 2.24) is 4.90 Å². The lowest BCUT2D eigenvalue weighted by atomic mass is 10.3. The molecule has 0 aliphatic heterocycles. The van der Waals surface area contributed by atoms with Crippen LogP contribution in [-0.2, 0) is 9.59 Å². The zero-order valence-electron chi connectivity index (χ0n) is 11.9. The van der Waals surface area contributed by atoms with Gasteiger partial charge in [-0.3, -0.25) is 9.59 Å². The number of amides is 2. The van der Waals surface area contributed by atoms with Crippen LogP contribution >= 0.6 is 0 Å². The lowest BCUT2D eigenvalue weighted by Gasteiger charge is -2.20. The van der Waals surface area contributed by atoms with Gasteiger partial charge in [-0.2, -0.15) is 0 Å². The van der Waals surface area contributed by atoms with Crippen molar-refractivity contribution < 1.29 is 14.3 Å². The zero-order valence-corrected chi connectivity index (χ0v) is 11.9. The van der Waals surface area contributed by atoms with Crippen molar-refractivity contribution in [2.75, 3.05) is 25.5 Å². The van der Waals surface area contributed by atoms with Crippen molar-refractivity contribution in [3.05, 3.63) is 24.3 Å². The first kappa shape index (κ1) is 14.4. The maximum atomic E-state index is 12.0. The average Bonchev–Trinajstić information content (AvgIpc) is 3.28. The number of nitrogens with one attached hydrogen (secondary N) is 1. The Bertz CT molecular complexity index is 498. The Kier molecular flexibility index (Phi) is 4.61.